The molecule has 1 amide bonds. The molecule has 0 saturated heterocycles. The lowest BCUT2D eigenvalue weighted by atomic mass is 10.0. The molecule has 0 radical (unpaired) electrons. The van der Waals surface area contributed by atoms with Crippen molar-refractivity contribution in [1.29, 1.82) is 0 Å². The van der Waals surface area contributed by atoms with E-state index in [-0.39, 0.29) is 22.4 Å². The van der Waals surface area contributed by atoms with Crippen LogP contribution in [0.2, 0.25) is 0 Å². The van der Waals surface area contributed by atoms with Gasteiger partial charge in [0.2, 0.25) is 0 Å². The molecule has 0 spiro atoms. The standard InChI is InChI=1S/C12H9Br2F3N4O2/c13-7-2-1-5(23-7)4-3-6(12(15,16)17)21-11(19-4)8(14)9(20-21)10(18)22/h1-2,4,6,19H,3H2,(H2,18,22). The van der Waals surface area contributed by atoms with Crippen molar-refractivity contribution in [3.8, 4) is 0 Å². The molecular weight excluding hydrogens is 449 g/mol. The molecule has 3 heterocycles. The number of carbonyl (C=O) groups excluding carboxylic acids is 1. The van der Waals surface area contributed by atoms with Gasteiger partial charge in [0.15, 0.2) is 16.4 Å². The van der Waals surface area contributed by atoms with Crippen molar-refractivity contribution in [2.24, 2.45) is 5.73 Å². The first-order valence-electron chi connectivity index (χ1n) is 6.34. The zero-order valence-electron chi connectivity index (χ0n) is 11.2. The van der Waals surface area contributed by atoms with Gasteiger partial charge in [-0.1, -0.05) is 0 Å². The Morgan fingerprint density at radius 3 is 2.65 bits per heavy atom. The second-order valence-corrected chi connectivity index (χ2v) is 6.53. The molecule has 2 aromatic rings. The Morgan fingerprint density at radius 2 is 2.13 bits per heavy atom. The largest absolute Gasteiger partial charge is 0.452 e. The zero-order valence-corrected chi connectivity index (χ0v) is 14.4. The van der Waals surface area contributed by atoms with E-state index < -0.39 is 24.2 Å². The maximum absolute atomic E-state index is 13.4. The number of nitrogens with one attached hydrogen (secondary N) is 1. The minimum absolute atomic E-state index is 0.0323. The van der Waals surface area contributed by atoms with Gasteiger partial charge in [0.05, 0.1) is 10.5 Å². The first-order valence-corrected chi connectivity index (χ1v) is 7.93. The van der Waals surface area contributed by atoms with E-state index in [4.69, 9.17) is 10.2 Å². The average molecular weight is 458 g/mol. The maximum Gasteiger partial charge on any atom is 0.410 e. The molecule has 6 nitrogen and oxygen atoms in total. The molecule has 0 aromatic carbocycles. The maximum atomic E-state index is 13.4. The summed E-state index contributed by atoms with van der Waals surface area (Å²) in [4.78, 5) is 11.3. The van der Waals surface area contributed by atoms with Crippen LogP contribution in [0.25, 0.3) is 0 Å². The van der Waals surface area contributed by atoms with Crippen LogP contribution in [0, 0.1) is 0 Å². The van der Waals surface area contributed by atoms with E-state index in [9.17, 15) is 18.0 Å². The van der Waals surface area contributed by atoms with E-state index in [1.54, 1.807) is 12.1 Å². The van der Waals surface area contributed by atoms with Crippen LogP contribution >= 0.6 is 31.9 Å². The number of hydrogen-bond acceptors (Lipinski definition) is 4. The molecule has 11 heteroatoms. The lowest BCUT2D eigenvalue weighted by Crippen LogP contribution is -2.35. The number of halogens is 5. The molecule has 1 aliphatic heterocycles. The molecule has 3 N–H and O–H groups in total. The lowest BCUT2D eigenvalue weighted by molar-refractivity contribution is -0.174. The predicted octanol–water partition coefficient (Wildman–Crippen LogP) is 3.76. The van der Waals surface area contributed by atoms with Gasteiger partial charge in [-0.25, -0.2) is 4.68 Å². The van der Waals surface area contributed by atoms with Crippen LogP contribution in [0.4, 0.5) is 19.0 Å². The summed E-state index contributed by atoms with van der Waals surface area (Å²) in [6.45, 7) is 0. The second kappa shape index (κ2) is 5.55. The Balaban J connectivity index is 2.09. The number of amides is 1. The number of fused-ring (bicyclic) bond motifs is 1. The summed E-state index contributed by atoms with van der Waals surface area (Å²) in [6.07, 6.45) is -4.87. The molecule has 0 bridgehead atoms. The van der Waals surface area contributed by atoms with Crippen molar-refractivity contribution in [3.63, 3.8) is 0 Å². The van der Waals surface area contributed by atoms with Crippen LogP contribution in [-0.4, -0.2) is 21.9 Å². The average Bonchev–Trinajstić information content (AvgIpc) is 3.01. The highest BCUT2D eigenvalue weighted by Crippen LogP contribution is 2.46. The summed E-state index contributed by atoms with van der Waals surface area (Å²) in [5.74, 6) is -0.546. The predicted molar refractivity (Wildman–Crippen MR) is 80.9 cm³/mol. The summed E-state index contributed by atoms with van der Waals surface area (Å²) in [5, 5.41) is 6.61. The third-order valence-corrected chi connectivity index (χ3v) is 4.64. The molecule has 1 aliphatic rings. The van der Waals surface area contributed by atoms with Crippen LogP contribution in [0.15, 0.2) is 25.7 Å². The molecule has 0 fully saturated rings. The number of furan rings is 1. The lowest BCUT2D eigenvalue weighted by Gasteiger charge is -2.32. The van der Waals surface area contributed by atoms with Crippen LogP contribution in [-0.2, 0) is 0 Å². The molecule has 124 valence electrons. The first kappa shape index (κ1) is 16.4. The summed E-state index contributed by atoms with van der Waals surface area (Å²) in [5.41, 5.74) is 4.89. The molecular formula is C12H9Br2F3N4O2. The minimum atomic E-state index is -4.54. The van der Waals surface area contributed by atoms with Gasteiger partial charge < -0.3 is 15.5 Å². The summed E-state index contributed by atoms with van der Waals surface area (Å²) >= 11 is 6.20. The number of rotatable bonds is 2. The highest BCUT2D eigenvalue weighted by molar-refractivity contribution is 9.10. The van der Waals surface area contributed by atoms with Gasteiger partial charge in [0.1, 0.15) is 11.6 Å². The normalized spacial score (nSPS) is 20.9. The molecule has 2 unspecified atom stereocenters. The van der Waals surface area contributed by atoms with E-state index in [1.165, 1.54) is 0 Å². The van der Waals surface area contributed by atoms with Gasteiger partial charge in [-0.2, -0.15) is 18.3 Å². The highest BCUT2D eigenvalue weighted by atomic mass is 79.9. The Kier molecular flexibility index (Phi) is 3.95. The molecule has 3 rings (SSSR count). The van der Waals surface area contributed by atoms with Gasteiger partial charge >= 0.3 is 6.18 Å². The SMILES string of the molecule is NC(=O)c1nn2c(c1Br)NC(c1ccc(Br)o1)CC2C(F)(F)F. The highest BCUT2D eigenvalue weighted by Gasteiger charge is 2.48. The Morgan fingerprint density at radius 1 is 1.43 bits per heavy atom. The summed E-state index contributed by atoms with van der Waals surface area (Å²) in [6, 6.07) is 0.533. The van der Waals surface area contributed by atoms with Gasteiger partial charge in [-0.05, 0) is 44.0 Å². The van der Waals surface area contributed by atoms with Crippen molar-refractivity contribution in [3.05, 3.63) is 32.7 Å². The number of primary amides is 1. The minimum Gasteiger partial charge on any atom is -0.452 e. The monoisotopic (exact) mass is 456 g/mol. The number of nitrogens with zero attached hydrogens (tertiary/aromatic N) is 2. The smallest absolute Gasteiger partial charge is 0.410 e. The van der Waals surface area contributed by atoms with E-state index in [2.05, 4.69) is 42.3 Å². The molecule has 2 atom stereocenters. The van der Waals surface area contributed by atoms with Gasteiger partial charge in [0.25, 0.3) is 5.91 Å². The Bertz CT molecular complexity index is 771. The quantitative estimate of drug-likeness (QED) is 0.718. The summed E-state index contributed by atoms with van der Waals surface area (Å²) in [7, 11) is 0. The van der Waals surface area contributed by atoms with E-state index in [0.29, 0.717) is 10.4 Å². The van der Waals surface area contributed by atoms with Crippen molar-refractivity contribution in [2.75, 3.05) is 5.32 Å². The first-order chi connectivity index (χ1) is 10.7. The topological polar surface area (TPSA) is 86.1 Å². The molecule has 2 aromatic heterocycles. The van der Waals surface area contributed by atoms with Crippen LogP contribution in [0.3, 0.4) is 0 Å². The summed E-state index contributed by atoms with van der Waals surface area (Å²) < 4.78 is 46.8. The van der Waals surface area contributed by atoms with Crippen LogP contribution in [0.5, 0.6) is 0 Å². The van der Waals surface area contributed by atoms with Crippen molar-refractivity contribution >= 4 is 43.6 Å². The van der Waals surface area contributed by atoms with Gasteiger partial charge in [-0.3, -0.25) is 4.79 Å². The molecule has 0 saturated carbocycles. The number of nitrogens with two attached hydrogens (primary N) is 1. The van der Waals surface area contributed by atoms with E-state index in [0.717, 1.165) is 4.68 Å². The zero-order chi connectivity index (χ0) is 16.9. The number of anilines is 1. The van der Waals surface area contributed by atoms with Crippen molar-refractivity contribution < 1.29 is 22.4 Å². The number of hydrogen-bond donors (Lipinski definition) is 2. The van der Waals surface area contributed by atoms with Gasteiger partial charge in [-0.15, -0.1) is 0 Å². The fraction of sp³-hybridized carbons (Fsp3) is 0.333. The number of alkyl halides is 3. The Hall–Kier alpha value is -1.49. The Labute approximate surface area is 144 Å². The third kappa shape index (κ3) is 2.87. The third-order valence-electron chi connectivity index (χ3n) is 3.47. The van der Waals surface area contributed by atoms with Crippen molar-refractivity contribution in [2.45, 2.75) is 24.7 Å². The molecule has 23 heavy (non-hydrogen) atoms. The van der Waals surface area contributed by atoms with Gasteiger partial charge in [0, 0.05) is 6.42 Å². The van der Waals surface area contributed by atoms with E-state index >= 15 is 0 Å². The van der Waals surface area contributed by atoms with Crippen LogP contribution < -0.4 is 11.1 Å². The van der Waals surface area contributed by atoms with E-state index in [1.807, 2.05) is 0 Å². The van der Waals surface area contributed by atoms with Crippen LogP contribution in [0.1, 0.15) is 34.8 Å². The molecule has 0 aliphatic carbocycles. The number of carbonyl (C=O) groups is 1. The fourth-order valence-electron chi connectivity index (χ4n) is 2.45. The van der Waals surface area contributed by atoms with Crippen molar-refractivity contribution in [1.82, 2.24) is 9.78 Å². The fourth-order valence-corrected chi connectivity index (χ4v) is 3.34. The number of aromatic nitrogens is 2. The second-order valence-electron chi connectivity index (χ2n) is 4.95.